The molecule has 4 N–H and O–H groups in total. The molecule has 1 atom stereocenters. The standard InChI is InChI=1S/C30H33FN6O2/c31-24-8-5-6-22(18-24)12-16-34-28-26(10-11-27(36-28)25-9-2-1-7-23(25)19-33)29(39)35-20-30(14-15-32)13-3-4-17-37(30)21-38/h1-2,5-11,18,21H,3-4,12-17,20,32H2,(H,34,36)(H,35,39)/t30-/m1/s1. The smallest absolute Gasteiger partial charge is 0.255 e. The van der Waals surface area contributed by atoms with Crippen LogP contribution in [0.5, 0.6) is 0 Å². The Morgan fingerprint density at radius 3 is 2.79 bits per heavy atom. The first kappa shape index (κ1) is 27.7. The van der Waals surface area contributed by atoms with Crippen molar-refractivity contribution in [2.24, 2.45) is 5.73 Å². The number of anilines is 1. The maximum Gasteiger partial charge on any atom is 0.255 e. The summed E-state index contributed by atoms with van der Waals surface area (Å²) >= 11 is 0. The number of nitriles is 1. The number of carbonyl (C=O) groups excluding carboxylic acids is 2. The molecule has 1 saturated heterocycles. The van der Waals surface area contributed by atoms with Gasteiger partial charge in [0.25, 0.3) is 5.91 Å². The fourth-order valence-electron chi connectivity index (χ4n) is 5.19. The Kier molecular flexibility index (Phi) is 9.23. The molecule has 0 saturated carbocycles. The van der Waals surface area contributed by atoms with Crippen LogP contribution in [0, 0.1) is 17.1 Å². The summed E-state index contributed by atoms with van der Waals surface area (Å²) < 4.78 is 13.6. The molecule has 2 amide bonds. The van der Waals surface area contributed by atoms with Gasteiger partial charge in [0.05, 0.1) is 28.4 Å². The van der Waals surface area contributed by atoms with Gasteiger partial charge in [-0.25, -0.2) is 9.37 Å². The predicted molar refractivity (Wildman–Crippen MR) is 148 cm³/mol. The van der Waals surface area contributed by atoms with Gasteiger partial charge in [0, 0.05) is 25.2 Å². The van der Waals surface area contributed by atoms with E-state index < -0.39 is 5.54 Å². The van der Waals surface area contributed by atoms with Gasteiger partial charge >= 0.3 is 0 Å². The Balaban J connectivity index is 1.59. The number of nitrogens with zero attached hydrogens (tertiary/aromatic N) is 3. The molecule has 9 heteroatoms. The third-order valence-corrected chi connectivity index (χ3v) is 7.27. The molecule has 1 aliphatic heterocycles. The molecule has 0 bridgehead atoms. The van der Waals surface area contributed by atoms with Crippen LogP contribution in [0.2, 0.25) is 0 Å². The average Bonchev–Trinajstić information content (AvgIpc) is 2.96. The Morgan fingerprint density at radius 1 is 1.18 bits per heavy atom. The van der Waals surface area contributed by atoms with E-state index in [1.165, 1.54) is 12.1 Å². The molecule has 202 valence electrons. The number of aromatic nitrogens is 1. The molecule has 1 aromatic heterocycles. The van der Waals surface area contributed by atoms with E-state index in [2.05, 4.69) is 16.7 Å². The minimum Gasteiger partial charge on any atom is -0.369 e. The summed E-state index contributed by atoms with van der Waals surface area (Å²) in [5, 5.41) is 15.8. The number of hydrogen-bond acceptors (Lipinski definition) is 6. The zero-order chi connectivity index (χ0) is 27.7. The number of pyridine rings is 1. The van der Waals surface area contributed by atoms with Crippen molar-refractivity contribution in [3.05, 3.63) is 83.2 Å². The van der Waals surface area contributed by atoms with E-state index in [4.69, 9.17) is 10.7 Å². The third kappa shape index (κ3) is 6.59. The molecule has 2 aromatic carbocycles. The molecule has 3 aromatic rings. The molecule has 1 aliphatic rings. The minimum absolute atomic E-state index is 0.281. The predicted octanol–water partition coefficient (Wildman–Crippen LogP) is 3.87. The fraction of sp³-hybridized carbons (Fsp3) is 0.333. The maximum atomic E-state index is 13.6. The molecule has 0 spiro atoms. The molecule has 1 fully saturated rings. The summed E-state index contributed by atoms with van der Waals surface area (Å²) in [4.78, 5) is 31.8. The van der Waals surface area contributed by atoms with Crippen molar-refractivity contribution in [2.75, 3.05) is 31.5 Å². The average molecular weight is 529 g/mol. The number of rotatable bonds is 11. The van der Waals surface area contributed by atoms with Gasteiger partial charge in [-0.15, -0.1) is 0 Å². The van der Waals surface area contributed by atoms with Crippen molar-refractivity contribution in [1.82, 2.24) is 15.2 Å². The van der Waals surface area contributed by atoms with E-state index in [0.29, 0.717) is 60.7 Å². The minimum atomic E-state index is -0.519. The van der Waals surface area contributed by atoms with Gasteiger partial charge in [0.15, 0.2) is 0 Å². The van der Waals surface area contributed by atoms with Crippen LogP contribution < -0.4 is 16.4 Å². The van der Waals surface area contributed by atoms with Crippen molar-refractivity contribution in [1.29, 1.82) is 5.26 Å². The van der Waals surface area contributed by atoms with Gasteiger partial charge in [-0.1, -0.05) is 30.3 Å². The van der Waals surface area contributed by atoms with Crippen LogP contribution in [-0.4, -0.2) is 53.9 Å². The van der Waals surface area contributed by atoms with Gasteiger partial charge in [-0.05, 0) is 74.5 Å². The van der Waals surface area contributed by atoms with Crippen LogP contribution in [0.15, 0.2) is 60.7 Å². The Bertz CT molecular complexity index is 1350. The Labute approximate surface area is 228 Å². The number of nitrogens with two attached hydrogens (primary N) is 1. The molecule has 0 radical (unpaired) electrons. The van der Waals surface area contributed by atoms with Crippen LogP contribution in [0.25, 0.3) is 11.3 Å². The van der Waals surface area contributed by atoms with Crippen molar-refractivity contribution in [2.45, 2.75) is 37.6 Å². The fourth-order valence-corrected chi connectivity index (χ4v) is 5.19. The van der Waals surface area contributed by atoms with Crippen LogP contribution in [-0.2, 0) is 11.2 Å². The first-order valence-corrected chi connectivity index (χ1v) is 13.2. The molecule has 39 heavy (non-hydrogen) atoms. The number of benzene rings is 2. The molecule has 4 rings (SSSR count). The van der Waals surface area contributed by atoms with Crippen molar-refractivity contribution < 1.29 is 14.0 Å². The Hall–Kier alpha value is -4.29. The van der Waals surface area contributed by atoms with E-state index in [1.54, 1.807) is 35.2 Å². The molecular formula is C30H33FN6O2. The van der Waals surface area contributed by atoms with E-state index in [1.807, 2.05) is 18.2 Å². The largest absolute Gasteiger partial charge is 0.369 e. The molecule has 0 unspecified atom stereocenters. The van der Waals surface area contributed by atoms with Crippen molar-refractivity contribution >= 4 is 18.1 Å². The van der Waals surface area contributed by atoms with Crippen LogP contribution in [0.3, 0.4) is 0 Å². The normalized spacial score (nSPS) is 16.8. The van der Waals surface area contributed by atoms with Crippen LogP contribution in [0.1, 0.15) is 47.2 Å². The lowest BCUT2D eigenvalue weighted by Gasteiger charge is -2.45. The molecule has 0 aliphatic carbocycles. The first-order chi connectivity index (χ1) is 19.0. The lowest BCUT2D eigenvalue weighted by Crippen LogP contribution is -2.58. The summed E-state index contributed by atoms with van der Waals surface area (Å²) in [6.45, 7) is 1.74. The number of nitrogens with one attached hydrogen (secondary N) is 2. The topological polar surface area (TPSA) is 124 Å². The zero-order valence-electron chi connectivity index (χ0n) is 21.8. The van der Waals surface area contributed by atoms with Gasteiger partial charge in [0.1, 0.15) is 11.6 Å². The van der Waals surface area contributed by atoms with Gasteiger partial charge < -0.3 is 21.3 Å². The zero-order valence-corrected chi connectivity index (χ0v) is 21.8. The highest BCUT2D eigenvalue weighted by atomic mass is 19.1. The van der Waals surface area contributed by atoms with Crippen molar-refractivity contribution in [3.8, 4) is 17.3 Å². The van der Waals surface area contributed by atoms with Gasteiger partial charge in [-0.2, -0.15) is 5.26 Å². The number of likely N-dealkylation sites (tertiary alicyclic amines) is 1. The summed E-state index contributed by atoms with van der Waals surface area (Å²) in [5.74, 6) is -0.277. The number of carbonyl (C=O) groups is 2. The molecular weight excluding hydrogens is 495 g/mol. The number of hydrogen-bond donors (Lipinski definition) is 3. The second kappa shape index (κ2) is 13.0. The lowest BCUT2D eigenvalue weighted by molar-refractivity contribution is -0.126. The van der Waals surface area contributed by atoms with Crippen LogP contribution >= 0.6 is 0 Å². The quantitative estimate of drug-likeness (QED) is 0.325. The summed E-state index contributed by atoms with van der Waals surface area (Å²) in [6.07, 6.45) is 4.61. The SMILES string of the molecule is N#Cc1ccccc1-c1ccc(C(=O)NC[C@]2(CCN)CCCCN2C=O)c(NCCc2cccc(F)c2)n1. The van der Waals surface area contributed by atoms with E-state index in [0.717, 1.165) is 31.2 Å². The highest BCUT2D eigenvalue weighted by Crippen LogP contribution is 2.30. The highest BCUT2D eigenvalue weighted by Gasteiger charge is 2.38. The maximum absolute atomic E-state index is 13.6. The summed E-state index contributed by atoms with van der Waals surface area (Å²) in [6, 6.07) is 19.1. The van der Waals surface area contributed by atoms with Gasteiger partial charge in [-0.3, -0.25) is 9.59 Å². The second-order valence-corrected chi connectivity index (χ2v) is 9.76. The van der Waals surface area contributed by atoms with Gasteiger partial charge in [0.2, 0.25) is 6.41 Å². The molecule has 8 nitrogen and oxygen atoms in total. The number of amides is 2. The van der Waals surface area contributed by atoms with Crippen LogP contribution in [0.4, 0.5) is 10.2 Å². The first-order valence-electron chi connectivity index (χ1n) is 13.2. The number of halogens is 1. The van der Waals surface area contributed by atoms with E-state index in [9.17, 15) is 19.2 Å². The van der Waals surface area contributed by atoms with E-state index in [-0.39, 0.29) is 18.3 Å². The third-order valence-electron chi connectivity index (χ3n) is 7.27. The lowest BCUT2D eigenvalue weighted by atomic mass is 9.83. The number of piperidine rings is 1. The summed E-state index contributed by atoms with van der Waals surface area (Å²) in [7, 11) is 0. The molecule has 2 heterocycles. The second-order valence-electron chi connectivity index (χ2n) is 9.76. The Morgan fingerprint density at radius 2 is 2.03 bits per heavy atom. The monoisotopic (exact) mass is 528 g/mol. The summed E-state index contributed by atoms with van der Waals surface area (Å²) in [5.41, 5.74) is 8.21. The van der Waals surface area contributed by atoms with Crippen molar-refractivity contribution in [3.63, 3.8) is 0 Å². The van der Waals surface area contributed by atoms with E-state index >= 15 is 0 Å². The highest BCUT2D eigenvalue weighted by molar-refractivity contribution is 5.99.